The van der Waals surface area contributed by atoms with Gasteiger partial charge < -0.3 is 16.0 Å². The van der Waals surface area contributed by atoms with Gasteiger partial charge in [0.05, 0.1) is 0 Å². The van der Waals surface area contributed by atoms with E-state index in [4.69, 9.17) is 5.73 Å². The van der Waals surface area contributed by atoms with Gasteiger partial charge in [-0.05, 0) is 55.8 Å². The first kappa shape index (κ1) is 13.3. The Kier molecular flexibility index (Phi) is 3.27. The topological polar surface area (TPSA) is 79.6 Å². The minimum atomic E-state index is 0.555. The second kappa shape index (κ2) is 5.42. The molecule has 0 aromatic carbocycles. The number of aromatic amines is 1. The molecule has 5 heteroatoms. The van der Waals surface area contributed by atoms with Gasteiger partial charge in [0.25, 0.3) is 0 Å². The van der Waals surface area contributed by atoms with E-state index in [1.807, 2.05) is 24.4 Å². The highest BCUT2D eigenvalue weighted by Gasteiger charge is 2.19. The van der Waals surface area contributed by atoms with Crippen molar-refractivity contribution in [2.45, 2.75) is 18.8 Å². The molecule has 4 N–H and O–H groups in total. The van der Waals surface area contributed by atoms with Crippen molar-refractivity contribution >= 4 is 16.9 Å². The fourth-order valence-electron chi connectivity index (χ4n) is 3.28. The second-order valence-corrected chi connectivity index (χ2v) is 5.81. The Morgan fingerprint density at radius 3 is 2.73 bits per heavy atom. The van der Waals surface area contributed by atoms with Crippen LogP contribution in [0, 0.1) is 0 Å². The molecule has 0 bridgehead atoms. The highest BCUT2D eigenvalue weighted by molar-refractivity contribution is 5.96. The average molecular weight is 293 g/mol. The lowest BCUT2D eigenvalue weighted by Gasteiger charge is -2.21. The Morgan fingerprint density at radius 1 is 1.05 bits per heavy atom. The van der Waals surface area contributed by atoms with E-state index < -0.39 is 0 Å². The van der Waals surface area contributed by atoms with Gasteiger partial charge in [-0.3, -0.25) is 0 Å². The maximum absolute atomic E-state index is 6.04. The number of rotatable bonds is 2. The summed E-state index contributed by atoms with van der Waals surface area (Å²) >= 11 is 0. The summed E-state index contributed by atoms with van der Waals surface area (Å²) in [6, 6.07) is 8.17. The van der Waals surface area contributed by atoms with Gasteiger partial charge in [-0.15, -0.1) is 0 Å². The summed E-state index contributed by atoms with van der Waals surface area (Å²) in [6.07, 6.45) is 5.87. The summed E-state index contributed by atoms with van der Waals surface area (Å²) in [5.41, 5.74) is 10.3. The molecule has 3 aromatic heterocycles. The molecule has 1 fully saturated rings. The van der Waals surface area contributed by atoms with Crippen molar-refractivity contribution in [3.05, 3.63) is 42.4 Å². The molecule has 0 saturated carbocycles. The van der Waals surface area contributed by atoms with Gasteiger partial charge in [-0.1, -0.05) is 0 Å². The predicted molar refractivity (Wildman–Crippen MR) is 88.6 cm³/mol. The van der Waals surface area contributed by atoms with Gasteiger partial charge >= 0.3 is 0 Å². The van der Waals surface area contributed by atoms with Crippen molar-refractivity contribution in [1.29, 1.82) is 0 Å². The minimum Gasteiger partial charge on any atom is -0.383 e. The van der Waals surface area contributed by atoms with E-state index in [1.165, 1.54) is 5.69 Å². The second-order valence-electron chi connectivity index (χ2n) is 5.81. The van der Waals surface area contributed by atoms with E-state index in [2.05, 4.69) is 26.3 Å². The number of nitrogens with two attached hydrogens (primary N) is 1. The number of hydrogen-bond donors (Lipinski definition) is 3. The average Bonchev–Trinajstić information content (AvgIpc) is 3.00. The van der Waals surface area contributed by atoms with Crippen LogP contribution in [0.5, 0.6) is 0 Å². The van der Waals surface area contributed by atoms with Crippen LogP contribution in [0.1, 0.15) is 24.5 Å². The molecule has 1 aliphatic rings. The zero-order chi connectivity index (χ0) is 14.9. The highest BCUT2D eigenvalue weighted by atomic mass is 14.9. The largest absolute Gasteiger partial charge is 0.383 e. The van der Waals surface area contributed by atoms with Crippen molar-refractivity contribution in [3.63, 3.8) is 0 Å². The Balaban J connectivity index is 1.83. The van der Waals surface area contributed by atoms with Crippen LogP contribution in [-0.4, -0.2) is 28.0 Å². The molecule has 0 atom stereocenters. The van der Waals surface area contributed by atoms with E-state index >= 15 is 0 Å². The monoisotopic (exact) mass is 293 g/mol. The molecule has 112 valence electrons. The highest BCUT2D eigenvalue weighted by Crippen LogP contribution is 2.33. The Labute approximate surface area is 129 Å². The Morgan fingerprint density at radius 2 is 1.91 bits per heavy atom. The van der Waals surface area contributed by atoms with E-state index in [1.54, 1.807) is 6.20 Å². The lowest BCUT2D eigenvalue weighted by atomic mass is 9.94. The molecular formula is C17H19N5. The summed E-state index contributed by atoms with van der Waals surface area (Å²) in [7, 11) is 0. The fourth-order valence-corrected chi connectivity index (χ4v) is 3.28. The maximum Gasteiger partial charge on any atom is 0.138 e. The predicted octanol–water partition coefficient (Wildman–Crippen LogP) is 2.67. The molecule has 22 heavy (non-hydrogen) atoms. The van der Waals surface area contributed by atoms with Crippen molar-refractivity contribution in [2.24, 2.45) is 0 Å². The van der Waals surface area contributed by atoms with Crippen molar-refractivity contribution in [2.75, 3.05) is 18.8 Å². The third-order valence-corrected chi connectivity index (χ3v) is 4.46. The van der Waals surface area contributed by atoms with Crippen LogP contribution in [0.2, 0.25) is 0 Å². The number of nitrogen functional groups attached to an aromatic ring is 1. The fraction of sp³-hybridized carbons (Fsp3) is 0.294. The molecule has 3 aromatic rings. The van der Waals surface area contributed by atoms with Crippen molar-refractivity contribution < 1.29 is 0 Å². The number of fused-ring (bicyclic) bond motifs is 1. The molecule has 4 rings (SSSR count). The van der Waals surface area contributed by atoms with Crippen LogP contribution in [0.3, 0.4) is 0 Å². The third kappa shape index (κ3) is 2.23. The molecule has 0 radical (unpaired) electrons. The van der Waals surface area contributed by atoms with Gasteiger partial charge in [0.1, 0.15) is 11.5 Å². The number of nitrogens with one attached hydrogen (secondary N) is 2. The molecule has 1 saturated heterocycles. The molecule has 1 aliphatic heterocycles. The van der Waals surface area contributed by atoms with Gasteiger partial charge in [0.15, 0.2) is 0 Å². The van der Waals surface area contributed by atoms with Crippen molar-refractivity contribution in [1.82, 2.24) is 20.3 Å². The number of aromatic nitrogens is 3. The Bertz CT molecular complexity index is 802. The van der Waals surface area contributed by atoms with Crippen LogP contribution < -0.4 is 11.1 Å². The first-order chi connectivity index (χ1) is 10.8. The SMILES string of the molecule is Nc1ncccc1-c1ccnc2[nH]c(C3CCNCC3)cc12. The number of hydrogen-bond acceptors (Lipinski definition) is 4. The summed E-state index contributed by atoms with van der Waals surface area (Å²) < 4.78 is 0. The standard InChI is InChI=1S/C17H19N5/c18-16-13(2-1-6-20-16)12-5-9-21-17-14(12)10-15(22-17)11-3-7-19-8-4-11/h1-2,5-6,9-11,19H,3-4,7-8H2,(H2,18,20)(H,21,22). The van der Waals surface area contributed by atoms with Crippen LogP contribution in [-0.2, 0) is 0 Å². The third-order valence-electron chi connectivity index (χ3n) is 4.46. The molecule has 4 heterocycles. The van der Waals surface area contributed by atoms with E-state index in [-0.39, 0.29) is 0 Å². The number of pyridine rings is 2. The molecule has 0 unspecified atom stereocenters. The number of piperidine rings is 1. The van der Waals surface area contributed by atoms with Crippen molar-refractivity contribution in [3.8, 4) is 11.1 Å². The molecular weight excluding hydrogens is 274 g/mol. The minimum absolute atomic E-state index is 0.555. The Hall–Kier alpha value is -2.40. The van der Waals surface area contributed by atoms with E-state index in [0.29, 0.717) is 11.7 Å². The summed E-state index contributed by atoms with van der Waals surface area (Å²) in [5.74, 6) is 1.13. The van der Waals surface area contributed by atoms with Crippen LogP contribution >= 0.6 is 0 Å². The van der Waals surface area contributed by atoms with Gasteiger partial charge in [-0.2, -0.15) is 0 Å². The number of anilines is 1. The first-order valence-corrected chi connectivity index (χ1v) is 7.72. The van der Waals surface area contributed by atoms with E-state index in [0.717, 1.165) is 48.1 Å². The van der Waals surface area contributed by atoms with Gasteiger partial charge in [-0.25, -0.2) is 9.97 Å². The zero-order valence-corrected chi connectivity index (χ0v) is 12.3. The summed E-state index contributed by atoms with van der Waals surface area (Å²) in [6.45, 7) is 2.16. The number of H-pyrrole nitrogens is 1. The first-order valence-electron chi connectivity index (χ1n) is 7.72. The van der Waals surface area contributed by atoms with Crippen LogP contribution in [0.4, 0.5) is 5.82 Å². The molecule has 5 nitrogen and oxygen atoms in total. The van der Waals surface area contributed by atoms with Gasteiger partial charge in [0.2, 0.25) is 0 Å². The lowest BCUT2D eigenvalue weighted by Crippen LogP contribution is -2.26. The maximum atomic E-state index is 6.04. The molecule has 0 amide bonds. The quantitative estimate of drug-likeness (QED) is 0.678. The van der Waals surface area contributed by atoms with E-state index in [9.17, 15) is 0 Å². The van der Waals surface area contributed by atoms with Gasteiger partial charge in [0, 0.05) is 35.0 Å². The molecule has 0 aliphatic carbocycles. The summed E-state index contributed by atoms with van der Waals surface area (Å²) in [5, 5.41) is 4.53. The normalized spacial score (nSPS) is 16.2. The number of nitrogens with zero attached hydrogens (tertiary/aromatic N) is 2. The van der Waals surface area contributed by atoms with Crippen LogP contribution in [0.15, 0.2) is 36.7 Å². The lowest BCUT2D eigenvalue weighted by molar-refractivity contribution is 0.455. The van der Waals surface area contributed by atoms with Crippen LogP contribution in [0.25, 0.3) is 22.2 Å². The smallest absolute Gasteiger partial charge is 0.138 e. The zero-order valence-electron chi connectivity index (χ0n) is 12.3. The molecule has 0 spiro atoms. The summed E-state index contributed by atoms with van der Waals surface area (Å²) in [4.78, 5) is 12.2.